The maximum Gasteiger partial charge on any atom is 0.311 e. The number of H-pyrrole nitrogens is 1. The number of carboxylic acid groups (broad SMARTS) is 1. The van der Waals surface area contributed by atoms with Crippen LogP contribution in [-0.2, 0) is 4.79 Å². The van der Waals surface area contributed by atoms with Crippen molar-refractivity contribution >= 4 is 11.9 Å². The van der Waals surface area contributed by atoms with E-state index in [-0.39, 0.29) is 18.3 Å². The normalized spacial score (nSPS) is 24.6. The van der Waals surface area contributed by atoms with E-state index in [0.29, 0.717) is 19.4 Å². The van der Waals surface area contributed by atoms with E-state index in [1.54, 1.807) is 6.92 Å². The van der Waals surface area contributed by atoms with Gasteiger partial charge in [0.2, 0.25) is 5.82 Å². The molecule has 7 nitrogen and oxygen atoms in total. The molecule has 7 heteroatoms. The lowest BCUT2D eigenvalue weighted by Crippen LogP contribution is -2.48. The van der Waals surface area contributed by atoms with E-state index in [4.69, 9.17) is 5.11 Å². The van der Waals surface area contributed by atoms with Crippen LogP contribution in [0.4, 0.5) is 0 Å². The van der Waals surface area contributed by atoms with Gasteiger partial charge in [-0.05, 0) is 19.8 Å². The molecule has 1 amide bonds. The molecule has 2 heterocycles. The molecule has 2 rings (SSSR count). The molecular formula is C10H14N4O3. The van der Waals surface area contributed by atoms with Gasteiger partial charge in [0.15, 0.2) is 0 Å². The van der Waals surface area contributed by atoms with Crippen LogP contribution < -0.4 is 0 Å². The van der Waals surface area contributed by atoms with Crippen LogP contribution in [0.2, 0.25) is 0 Å². The Hall–Kier alpha value is -1.92. The van der Waals surface area contributed by atoms with E-state index in [9.17, 15) is 9.59 Å². The highest BCUT2D eigenvalue weighted by Gasteiger charge is 2.39. The Morgan fingerprint density at radius 1 is 1.59 bits per heavy atom. The van der Waals surface area contributed by atoms with E-state index in [2.05, 4.69) is 15.2 Å². The van der Waals surface area contributed by atoms with E-state index < -0.39 is 11.4 Å². The van der Waals surface area contributed by atoms with Gasteiger partial charge in [-0.1, -0.05) is 0 Å². The van der Waals surface area contributed by atoms with Crippen molar-refractivity contribution in [1.82, 2.24) is 20.1 Å². The SMILES string of the molecule is CC1(C(=O)O)CCCN(C(=O)c2ncn[nH]2)C1. The molecule has 0 aromatic carbocycles. The van der Waals surface area contributed by atoms with Crippen molar-refractivity contribution < 1.29 is 14.7 Å². The van der Waals surface area contributed by atoms with Crippen LogP contribution in [-0.4, -0.2) is 50.2 Å². The molecule has 92 valence electrons. The van der Waals surface area contributed by atoms with E-state index in [0.717, 1.165) is 0 Å². The van der Waals surface area contributed by atoms with Crippen LogP contribution in [0.3, 0.4) is 0 Å². The molecule has 1 unspecified atom stereocenters. The van der Waals surface area contributed by atoms with E-state index in [1.165, 1.54) is 11.2 Å². The molecule has 1 aromatic rings. The predicted octanol–water partition coefficient (Wildman–Crippen LogP) is 0.132. The van der Waals surface area contributed by atoms with Crippen LogP contribution in [0.1, 0.15) is 30.4 Å². The van der Waals surface area contributed by atoms with E-state index in [1.807, 2.05) is 0 Å². The Balaban J connectivity index is 2.13. The van der Waals surface area contributed by atoms with Gasteiger partial charge >= 0.3 is 5.97 Å². The maximum atomic E-state index is 12.0. The third kappa shape index (κ3) is 2.13. The zero-order chi connectivity index (χ0) is 12.5. The van der Waals surface area contributed by atoms with Crippen molar-refractivity contribution in [2.75, 3.05) is 13.1 Å². The number of nitrogens with one attached hydrogen (secondary N) is 1. The van der Waals surface area contributed by atoms with Gasteiger partial charge in [-0.3, -0.25) is 14.7 Å². The average molecular weight is 238 g/mol. The summed E-state index contributed by atoms with van der Waals surface area (Å²) in [5.74, 6) is -1.01. The molecule has 2 N–H and O–H groups in total. The summed E-state index contributed by atoms with van der Waals surface area (Å²) in [5.41, 5.74) is -0.867. The minimum Gasteiger partial charge on any atom is -0.481 e. The summed E-state index contributed by atoms with van der Waals surface area (Å²) >= 11 is 0. The summed E-state index contributed by atoms with van der Waals surface area (Å²) in [6, 6.07) is 0. The number of aromatic nitrogens is 3. The molecular weight excluding hydrogens is 224 g/mol. The quantitative estimate of drug-likeness (QED) is 0.763. The van der Waals surface area contributed by atoms with Crippen molar-refractivity contribution in [2.24, 2.45) is 5.41 Å². The van der Waals surface area contributed by atoms with Crippen molar-refractivity contribution in [3.63, 3.8) is 0 Å². The topological polar surface area (TPSA) is 99.2 Å². The number of rotatable bonds is 2. The van der Waals surface area contributed by atoms with Crippen LogP contribution in [0.15, 0.2) is 6.33 Å². The third-order valence-electron chi connectivity index (χ3n) is 3.12. The summed E-state index contributed by atoms with van der Waals surface area (Å²) in [6.07, 6.45) is 2.53. The van der Waals surface area contributed by atoms with Gasteiger partial charge in [0.1, 0.15) is 6.33 Å². The van der Waals surface area contributed by atoms with Crippen molar-refractivity contribution in [3.05, 3.63) is 12.2 Å². The maximum absolute atomic E-state index is 12.0. The van der Waals surface area contributed by atoms with Gasteiger partial charge in [-0.2, -0.15) is 5.10 Å². The van der Waals surface area contributed by atoms with Crippen LogP contribution >= 0.6 is 0 Å². The number of carboxylic acids is 1. The Morgan fingerprint density at radius 3 is 2.94 bits per heavy atom. The summed E-state index contributed by atoms with van der Waals surface area (Å²) in [7, 11) is 0. The zero-order valence-corrected chi connectivity index (χ0v) is 9.51. The summed E-state index contributed by atoms with van der Waals surface area (Å²) in [5, 5.41) is 15.3. The predicted molar refractivity (Wildman–Crippen MR) is 57.3 cm³/mol. The summed E-state index contributed by atoms with van der Waals surface area (Å²) in [6.45, 7) is 2.43. The van der Waals surface area contributed by atoms with Crippen molar-refractivity contribution in [3.8, 4) is 0 Å². The molecule has 0 spiro atoms. The summed E-state index contributed by atoms with van der Waals surface area (Å²) in [4.78, 5) is 28.4. The molecule has 1 aliphatic rings. The molecule has 1 atom stereocenters. The molecule has 1 aliphatic heterocycles. The van der Waals surface area contributed by atoms with Crippen LogP contribution in [0.25, 0.3) is 0 Å². The average Bonchev–Trinajstić information content (AvgIpc) is 2.81. The smallest absolute Gasteiger partial charge is 0.311 e. The molecule has 0 aliphatic carbocycles. The Labute approximate surface area is 97.8 Å². The number of aromatic amines is 1. The lowest BCUT2D eigenvalue weighted by Gasteiger charge is -2.36. The number of hydrogen-bond donors (Lipinski definition) is 2. The van der Waals surface area contributed by atoms with Crippen molar-refractivity contribution in [1.29, 1.82) is 0 Å². The lowest BCUT2D eigenvalue weighted by molar-refractivity contribution is -0.150. The van der Waals surface area contributed by atoms with Gasteiger partial charge in [-0.15, -0.1) is 0 Å². The number of carbonyl (C=O) groups excluding carboxylic acids is 1. The van der Waals surface area contributed by atoms with Gasteiger partial charge in [0.25, 0.3) is 5.91 Å². The van der Waals surface area contributed by atoms with Gasteiger partial charge in [0.05, 0.1) is 5.41 Å². The monoisotopic (exact) mass is 238 g/mol. The molecule has 17 heavy (non-hydrogen) atoms. The number of hydrogen-bond acceptors (Lipinski definition) is 4. The number of nitrogens with zero attached hydrogens (tertiary/aromatic N) is 3. The Bertz CT molecular complexity index is 431. The second-order valence-electron chi connectivity index (χ2n) is 4.53. The molecule has 1 aromatic heterocycles. The minimum atomic E-state index is -0.868. The van der Waals surface area contributed by atoms with Gasteiger partial charge in [0, 0.05) is 13.1 Å². The molecule has 1 saturated heterocycles. The first-order chi connectivity index (χ1) is 8.03. The minimum absolute atomic E-state index is 0.152. The highest BCUT2D eigenvalue weighted by Crippen LogP contribution is 2.30. The summed E-state index contributed by atoms with van der Waals surface area (Å²) < 4.78 is 0. The number of amides is 1. The second kappa shape index (κ2) is 4.15. The third-order valence-corrected chi connectivity index (χ3v) is 3.12. The van der Waals surface area contributed by atoms with Crippen molar-refractivity contribution in [2.45, 2.75) is 19.8 Å². The Kier molecular flexibility index (Phi) is 2.83. The van der Waals surface area contributed by atoms with Crippen LogP contribution in [0.5, 0.6) is 0 Å². The fraction of sp³-hybridized carbons (Fsp3) is 0.600. The van der Waals surface area contributed by atoms with Crippen LogP contribution in [0, 0.1) is 5.41 Å². The fourth-order valence-corrected chi connectivity index (χ4v) is 2.05. The Morgan fingerprint density at radius 2 is 2.35 bits per heavy atom. The standard InChI is InChI=1S/C10H14N4O3/c1-10(9(16)17)3-2-4-14(5-10)8(15)7-11-6-12-13-7/h6H,2-5H2,1H3,(H,16,17)(H,11,12,13). The van der Waals surface area contributed by atoms with E-state index >= 15 is 0 Å². The first kappa shape index (κ1) is 11.6. The highest BCUT2D eigenvalue weighted by atomic mass is 16.4. The fourth-order valence-electron chi connectivity index (χ4n) is 2.05. The highest BCUT2D eigenvalue weighted by molar-refractivity contribution is 5.91. The number of carbonyl (C=O) groups is 2. The first-order valence-corrected chi connectivity index (χ1v) is 5.41. The number of aliphatic carboxylic acids is 1. The van der Waals surface area contributed by atoms with Gasteiger partial charge in [-0.25, -0.2) is 4.98 Å². The number of piperidine rings is 1. The second-order valence-corrected chi connectivity index (χ2v) is 4.53. The molecule has 0 bridgehead atoms. The first-order valence-electron chi connectivity index (χ1n) is 5.41. The number of likely N-dealkylation sites (tertiary alicyclic amines) is 1. The van der Waals surface area contributed by atoms with Gasteiger partial charge < -0.3 is 10.0 Å². The largest absolute Gasteiger partial charge is 0.481 e. The zero-order valence-electron chi connectivity index (χ0n) is 9.51. The lowest BCUT2D eigenvalue weighted by atomic mass is 9.82. The molecule has 1 fully saturated rings. The molecule has 0 radical (unpaired) electrons. The molecule has 0 saturated carbocycles.